The SMILES string of the molecule is NC(=O)Nc1cccc(C(=O)NC(C(=O)O)C2CCCOC2)c1. The molecular weight excluding hydrogens is 302 g/mol. The number of carboxylic acids is 1. The topological polar surface area (TPSA) is 131 Å². The fraction of sp³-hybridized carbons (Fsp3) is 0.400. The van der Waals surface area contributed by atoms with E-state index in [2.05, 4.69) is 10.6 Å². The lowest BCUT2D eigenvalue weighted by Gasteiger charge is -2.28. The summed E-state index contributed by atoms with van der Waals surface area (Å²) in [6.07, 6.45) is 1.45. The first-order valence-corrected chi connectivity index (χ1v) is 7.25. The lowest BCUT2D eigenvalue weighted by molar-refractivity contribution is -0.142. The minimum atomic E-state index is -1.10. The van der Waals surface area contributed by atoms with E-state index in [1.165, 1.54) is 12.1 Å². The van der Waals surface area contributed by atoms with Gasteiger partial charge >= 0.3 is 12.0 Å². The van der Waals surface area contributed by atoms with Gasteiger partial charge < -0.3 is 26.2 Å². The second-order valence-electron chi connectivity index (χ2n) is 5.34. The highest BCUT2D eigenvalue weighted by Crippen LogP contribution is 2.19. The summed E-state index contributed by atoms with van der Waals surface area (Å²) in [6.45, 7) is 0.915. The molecule has 2 unspecified atom stereocenters. The van der Waals surface area contributed by atoms with Gasteiger partial charge in [-0.05, 0) is 31.0 Å². The van der Waals surface area contributed by atoms with Crippen LogP contribution in [0.2, 0.25) is 0 Å². The normalized spacial score (nSPS) is 18.7. The van der Waals surface area contributed by atoms with Gasteiger partial charge in [-0.3, -0.25) is 4.79 Å². The molecule has 2 atom stereocenters. The third-order valence-electron chi connectivity index (χ3n) is 3.61. The maximum Gasteiger partial charge on any atom is 0.326 e. The van der Waals surface area contributed by atoms with E-state index in [1.54, 1.807) is 12.1 Å². The zero-order chi connectivity index (χ0) is 16.8. The number of anilines is 1. The number of benzene rings is 1. The van der Waals surface area contributed by atoms with Gasteiger partial charge in [-0.15, -0.1) is 0 Å². The van der Waals surface area contributed by atoms with E-state index in [0.717, 1.165) is 6.42 Å². The largest absolute Gasteiger partial charge is 0.480 e. The molecule has 3 amide bonds. The molecule has 0 bridgehead atoms. The van der Waals surface area contributed by atoms with E-state index >= 15 is 0 Å². The molecule has 0 radical (unpaired) electrons. The van der Waals surface area contributed by atoms with Gasteiger partial charge in [0.2, 0.25) is 0 Å². The number of ether oxygens (including phenoxy) is 1. The van der Waals surface area contributed by atoms with Gasteiger partial charge in [0.15, 0.2) is 0 Å². The maximum absolute atomic E-state index is 12.3. The summed E-state index contributed by atoms with van der Waals surface area (Å²) in [4.78, 5) is 34.6. The highest BCUT2D eigenvalue weighted by molar-refractivity contribution is 5.98. The van der Waals surface area contributed by atoms with Crippen molar-refractivity contribution >= 4 is 23.6 Å². The second-order valence-corrected chi connectivity index (χ2v) is 5.34. The summed E-state index contributed by atoms with van der Waals surface area (Å²) >= 11 is 0. The molecule has 23 heavy (non-hydrogen) atoms. The van der Waals surface area contributed by atoms with Crippen LogP contribution in [0.4, 0.5) is 10.5 Å². The fourth-order valence-electron chi connectivity index (χ4n) is 2.51. The van der Waals surface area contributed by atoms with Crippen LogP contribution in [-0.4, -0.2) is 42.3 Å². The van der Waals surface area contributed by atoms with Gasteiger partial charge in [-0.1, -0.05) is 6.07 Å². The molecule has 1 aromatic rings. The average molecular weight is 321 g/mol. The van der Waals surface area contributed by atoms with Gasteiger partial charge in [0.25, 0.3) is 5.91 Å². The predicted octanol–water partition coefficient (Wildman–Crippen LogP) is 0.787. The van der Waals surface area contributed by atoms with E-state index in [9.17, 15) is 19.5 Å². The quantitative estimate of drug-likeness (QED) is 0.636. The van der Waals surface area contributed by atoms with Crippen molar-refractivity contribution in [2.24, 2.45) is 11.7 Å². The van der Waals surface area contributed by atoms with Crippen LogP contribution in [0, 0.1) is 5.92 Å². The molecular formula is C15H19N3O5. The average Bonchev–Trinajstić information content (AvgIpc) is 2.52. The van der Waals surface area contributed by atoms with E-state index in [0.29, 0.717) is 25.3 Å². The maximum atomic E-state index is 12.3. The van der Waals surface area contributed by atoms with Gasteiger partial charge in [-0.25, -0.2) is 9.59 Å². The zero-order valence-electron chi connectivity index (χ0n) is 12.5. The fourth-order valence-corrected chi connectivity index (χ4v) is 2.51. The number of urea groups is 1. The molecule has 0 aromatic heterocycles. The number of rotatable bonds is 5. The molecule has 1 heterocycles. The van der Waals surface area contributed by atoms with Gasteiger partial charge in [0, 0.05) is 23.8 Å². The van der Waals surface area contributed by atoms with E-state index < -0.39 is 23.9 Å². The summed E-state index contributed by atoms with van der Waals surface area (Å²) in [5.41, 5.74) is 5.62. The number of carbonyl (C=O) groups is 3. The number of hydrogen-bond donors (Lipinski definition) is 4. The first-order chi connectivity index (χ1) is 11.0. The molecule has 5 N–H and O–H groups in total. The van der Waals surface area contributed by atoms with Crippen molar-refractivity contribution in [2.75, 3.05) is 18.5 Å². The van der Waals surface area contributed by atoms with E-state index in [1.807, 2.05) is 0 Å². The van der Waals surface area contributed by atoms with Crippen molar-refractivity contribution in [3.8, 4) is 0 Å². The lowest BCUT2D eigenvalue weighted by Crippen LogP contribution is -2.48. The molecule has 1 aliphatic heterocycles. The predicted molar refractivity (Wildman–Crippen MR) is 82.1 cm³/mol. The van der Waals surface area contributed by atoms with Gasteiger partial charge in [-0.2, -0.15) is 0 Å². The van der Waals surface area contributed by atoms with Crippen LogP contribution in [0.15, 0.2) is 24.3 Å². The molecule has 8 nitrogen and oxygen atoms in total. The molecule has 8 heteroatoms. The molecule has 1 aromatic carbocycles. The molecule has 1 fully saturated rings. The first-order valence-electron chi connectivity index (χ1n) is 7.25. The molecule has 1 aliphatic rings. The van der Waals surface area contributed by atoms with Crippen LogP contribution in [0.5, 0.6) is 0 Å². The highest BCUT2D eigenvalue weighted by atomic mass is 16.5. The monoisotopic (exact) mass is 321 g/mol. The van der Waals surface area contributed by atoms with Crippen molar-refractivity contribution < 1.29 is 24.2 Å². The Hall–Kier alpha value is -2.61. The minimum Gasteiger partial charge on any atom is -0.480 e. The summed E-state index contributed by atoms with van der Waals surface area (Å²) in [7, 11) is 0. The summed E-state index contributed by atoms with van der Waals surface area (Å²) in [5, 5.41) is 14.2. The van der Waals surface area contributed by atoms with Crippen molar-refractivity contribution in [3.05, 3.63) is 29.8 Å². The van der Waals surface area contributed by atoms with Gasteiger partial charge in [0.05, 0.1) is 6.61 Å². The van der Waals surface area contributed by atoms with Crippen LogP contribution in [0.25, 0.3) is 0 Å². The number of nitrogens with one attached hydrogen (secondary N) is 2. The minimum absolute atomic E-state index is 0.235. The van der Waals surface area contributed by atoms with Gasteiger partial charge in [0.1, 0.15) is 6.04 Å². The summed E-state index contributed by atoms with van der Waals surface area (Å²) in [5.74, 6) is -1.89. The highest BCUT2D eigenvalue weighted by Gasteiger charge is 2.31. The van der Waals surface area contributed by atoms with Crippen LogP contribution in [0.3, 0.4) is 0 Å². The molecule has 0 saturated carbocycles. The Bertz CT molecular complexity index is 599. The first kappa shape index (κ1) is 16.8. The number of carboxylic acid groups (broad SMARTS) is 1. The summed E-state index contributed by atoms with van der Waals surface area (Å²) < 4.78 is 5.29. The molecule has 0 spiro atoms. The Kier molecular flexibility index (Phi) is 5.53. The zero-order valence-corrected chi connectivity index (χ0v) is 12.5. The van der Waals surface area contributed by atoms with Crippen LogP contribution >= 0.6 is 0 Å². The number of aliphatic carboxylic acids is 1. The van der Waals surface area contributed by atoms with Crippen LogP contribution < -0.4 is 16.4 Å². The molecule has 1 saturated heterocycles. The van der Waals surface area contributed by atoms with Crippen molar-refractivity contribution in [2.45, 2.75) is 18.9 Å². The molecule has 124 valence electrons. The Balaban J connectivity index is 2.09. The number of carbonyl (C=O) groups excluding carboxylic acids is 2. The third kappa shape index (κ3) is 4.68. The Labute approximate surface area is 133 Å². The lowest BCUT2D eigenvalue weighted by atomic mass is 9.93. The number of nitrogens with two attached hydrogens (primary N) is 1. The van der Waals surface area contributed by atoms with Crippen molar-refractivity contribution in [1.82, 2.24) is 5.32 Å². The third-order valence-corrected chi connectivity index (χ3v) is 3.61. The molecule has 2 rings (SSSR count). The molecule has 0 aliphatic carbocycles. The second kappa shape index (κ2) is 7.59. The smallest absolute Gasteiger partial charge is 0.326 e. The number of hydrogen-bond acceptors (Lipinski definition) is 4. The Morgan fingerprint density at radius 2 is 2.13 bits per heavy atom. The Morgan fingerprint density at radius 1 is 1.35 bits per heavy atom. The Morgan fingerprint density at radius 3 is 2.74 bits per heavy atom. The van der Waals surface area contributed by atoms with Crippen LogP contribution in [0.1, 0.15) is 23.2 Å². The summed E-state index contributed by atoms with van der Waals surface area (Å²) in [6, 6.07) is 4.33. The number of primary amides is 1. The van der Waals surface area contributed by atoms with Crippen molar-refractivity contribution in [1.29, 1.82) is 0 Å². The standard InChI is InChI=1S/C15H19N3O5/c16-15(22)17-11-5-1-3-9(7-11)13(19)18-12(14(20)21)10-4-2-6-23-8-10/h1,3,5,7,10,12H,2,4,6,8H2,(H,18,19)(H,20,21)(H3,16,17,22). The number of amides is 3. The van der Waals surface area contributed by atoms with Crippen LogP contribution in [-0.2, 0) is 9.53 Å². The van der Waals surface area contributed by atoms with E-state index in [4.69, 9.17) is 10.5 Å². The van der Waals surface area contributed by atoms with E-state index in [-0.39, 0.29) is 11.5 Å². The van der Waals surface area contributed by atoms with Crippen molar-refractivity contribution in [3.63, 3.8) is 0 Å².